The average molecular weight is 348 g/mol. The van der Waals surface area contributed by atoms with Crippen LogP contribution in [-0.2, 0) is 0 Å². The lowest BCUT2D eigenvalue weighted by Gasteiger charge is -2.04. The number of hydrogen-bond donors (Lipinski definition) is 1. The van der Waals surface area contributed by atoms with Crippen molar-refractivity contribution in [3.05, 3.63) is 63.5 Å². The van der Waals surface area contributed by atoms with Crippen molar-refractivity contribution in [3.8, 4) is 0 Å². The van der Waals surface area contributed by atoms with Gasteiger partial charge in [0.05, 0.1) is 17.4 Å². The summed E-state index contributed by atoms with van der Waals surface area (Å²) >= 11 is 2.17. The molecule has 1 aromatic heterocycles. The lowest BCUT2D eigenvalue weighted by molar-refractivity contribution is 0.103. The predicted octanol–water partition coefficient (Wildman–Crippen LogP) is 3.40. The molecule has 0 spiro atoms. The predicted molar refractivity (Wildman–Crippen MR) is 78.7 cm³/mol. The Morgan fingerprint density at radius 3 is 2.67 bits per heavy atom. The minimum absolute atomic E-state index is 0.0118. The summed E-state index contributed by atoms with van der Waals surface area (Å²) in [5.41, 5.74) is 2.97. The lowest BCUT2D eigenvalue weighted by Crippen LogP contribution is -2.04. The molecule has 3 nitrogen and oxygen atoms in total. The zero-order valence-electron chi connectivity index (χ0n) is 9.35. The van der Waals surface area contributed by atoms with Crippen molar-refractivity contribution in [1.29, 1.82) is 0 Å². The molecule has 3 rings (SSSR count). The van der Waals surface area contributed by atoms with Crippen LogP contribution >= 0.6 is 22.6 Å². The number of nitrogens with zero attached hydrogens (tertiary/aromatic N) is 1. The van der Waals surface area contributed by atoms with Crippen LogP contribution in [0.25, 0.3) is 11.0 Å². The standard InChI is InChI=1S/C14H9IN2O/c15-10-6-7-11-13(17-8-16-11)12(10)14(18)9-4-2-1-3-5-9/h1-8H,(H,16,17). The molecular formula is C14H9IN2O. The van der Waals surface area contributed by atoms with Crippen LogP contribution in [0.1, 0.15) is 15.9 Å². The van der Waals surface area contributed by atoms with E-state index in [2.05, 4.69) is 32.6 Å². The number of rotatable bonds is 2. The van der Waals surface area contributed by atoms with E-state index in [-0.39, 0.29) is 5.78 Å². The molecule has 0 unspecified atom stereocenters. The van der Waals surface area contributed by atoms with E-state index in [1.165, 1.54) is 0 Å². The molecule has 2 aromatic carbocycles. The molecule has 18 heavy (non-hydrogen) atoms. The molecule has 0 amide bonds. The van der Waals surface area contributed by atoms with Gasteiger partial charge in [-0.1, -0.05) is 30.3 Å². The molecule has 0 saturated heterocycles. The van der Waals surface area contributed by atoms with E-state index in [0.717, 1.165) is 14.6 Å². The van der Waals surface area contributed by atoms with E-state index in [1.54, 1.807) is 6.33 Å². The Bertz CT molecular complexity index is 719. The summed E-state index contributed by atoms with van der Waals surface area (Å²) in [4.78, 5) is 19.8. The number of aromatic nitrogens is 2. The zero-order valence-corrected chi connectivity index (χ0v) is 11.5. The molecule has 88 valence electrons. The molecule has 1 heterocycles. The number of carbonyl (C=O) groups is 1. The second kappa shape index (κ2) is 4.53. The second-order valence-electron chi connectivity index (χ2n) is 3.92. The summed E-state index contributed by atoms with van der Waals surface area (Å²) in [6.07, 6.45) is 1.61. The number of aromatic amines is 1. The summed E-state index contributed by atoms with van der Waals surface area (Å²) in [5, 5.41) is 0. The smallest absolute Gasteiger partial charge is 0.196 e. The molecule has 0 fully saturated rings. The van der Waals surface area contributed by atoms with Gasteiger partial charge >= 0.3 is 0 Å². The molecule has 0 bridgehead atoms. The third-order valence-corrected chi connectivity index (χ3v) is 3.70. The third kappa shape index (κ3) is 1.82. The highest BCUT2D eigenvalue weighted by molar-refractivity contribution is 14.1. The van der Waals surface area contributed by atoms with Gasteiger partial charge in [-0.3, -0.25) is 4.79 Å². The topological polar surface area (TPSA) is 45.8 Å². The van der Waals surface area contributed by atoms with Gasteiger partial charge in [0.1, 0.15) is 5.52 Å². The van der Waals surface area contributed by atoms with Crippen LogP contribution in [0.5, 0.6) is 0 Å². The van der Waals surface area contributed by atoms with E-state index >= 15 is 0 Å². The number of nitrogens with one attached hydrogen (secondary N) is 1. The van der Waals surface area contributed by atoms with Crippen LogP contribution in [0.3, 0.4) is 0 Å². The number of fused-ring (bicyclic) bond motifs is 1. The molecule has 0 aliphatic heterocycles. The number of hydrogen-bond acceptors (Lipinski definition) is 2. The Balaban J connectivity index is 2.23. The number of ketones is 1. The number of halogens is 1. The fraction of sp³-hybridized carbons (Fsp3) is 0. The molecule has 4 heteroatoms. The van der Waals surface area contributed by atoms with E-state index in [1.807, 2.05) is 42.5 Å². The van der Waals surface area contributed by atoms with Crippen LogP contribution in [0.15, 0.2) is 48.8 Å². The van der Waals surface area contributed by atoms with Crippen LogP contribution in [0.2, 0.25) is 0 Å². The molecule has 0 aliphatic rings. The zero-order chi connectivity index (χ0) is 12.5. The highest BCUT2D eigenvalue weighted by Gasteiger charge is 2.17. The molecule has 0 aliphatic carbocycles. The van der Waals surface area contributed by atoms with Gasteiger partial charge < -0.3 is 4.98 Å². The van der Waals surface area contributed by atoms with Gasteiger partial charge in [-0.05, 0) is 34.7 Å². The van der Waals surface area contributed by atoms with Crippen molar-refractivity contribution < 1.29 is 4.79 Å². The van der Waals surface area contributed by atoms with E-state index in [9.17, 15) is 4.79 Å². The van der Waals surface area contributed by atoms with Crippen molar-refractivity contribution in [2.75, 3.05) is 0 Å². The molecule has 0 radical (unpaired) electrons. The van der Waals surface area contributed by atoms with Crippen molar-refractivity contribution in [2.45, 2.75) is 0 Å². The van der Waals surface area contributed by atoms with Crippen molar-refractivity contribution in [1.82, 2.24) is 9.97 Å². The Morgan fingerprint density at radius 2 is 1.89 bits per heavy atom. The summed E-state index contributed by atoms with van der Waals surface area (Å²) in [7, 11) is 0. The summed E-state index contributed by atoms with van der Waals surface area (Å²) < 4.78 is 0.918. The fourth-order valence-electron chi connectivity index (χ4n) is 1.93. The average Bonchev–Trinajstić information content (AvgIpc) is 2.87. The highest BCUT2D eigenvalue weighted by atomic mass is 127. The molecule has 3 aromatic rings. The first kappa shape index (κ1) is 11.4. The Morgan fingerprint density at radius 1 is 1.11 bits per heavy atom. The van der Waals surface area contributed by atoms with E-state index in [0.29, 0.717) is 11.1 Å². The Kier molecular flexibility index (Phi) is 2.87. The minimum Gasteiger partial charge on any atom is -0.345 e. The molecule has 1 N–H and O–H groups in total. The van der Waals surface area contributed by atoms with Crippen molar-refractivity contribution in [2.24, 2.45) is 0 Å². The molecule has 0 saturated carbocycles. The number of carbonyl (C=O) groups excluding carboxylic acids is 1. The summed E-state index contributed by atoms with van der Waals surface area (Å²) in [6, 6.07) is 13.1. The summed E-state index contributed by atoms with van der Waals surface area (Å²) in [6.45, 7) is 0. The van der Waals surface area contributed by atoms with Gasteiger partial charge in [-0.25, -0.2) is 4.98 Å². The van der Waals surface area contributed by atoms with Crippen molar-refractivity contribution >= 4 is 39.4 Å². The maximum absolute atomic E-state index is 12.5. The fourth-order valence-corrected chi connectivity index (χ4v) is 2.61. The van der Waals surface area contributed by atoms with E-state index < -0.39 is 0 Å². The maximum atomic E-state index is 12.5. The molecule has 0 atom stereocenters. The first-order chi connectivity index (χ1) is 8.77. The van der Waals surface area contributed by atoms with Crippen LogP contribution in [0, 0.1) is 3.57 Å². The number of benzene rings is 2. The van der Waals surface area contributed by atoms with Crippen LogP contribution in [-0.4, -0.2) is 15.8 Å². The van der Waals surface area contributed by atoms with Crippen LogP contribution < -0.4 is 0 Å². The first-order valence-electron chi connectivity index (χ1n) is 5.48. The monoisotopic (exact) mass is 348 g/mol. The van der Waals surface area contributed by atoms with Gasteiger partial charge in [-0.2, -0.15) is 0 Å². The Hall–Kier alpha value is -1.69. The SMILES string of the molecule is O=C(c1ccccc1)c1c(I)ccc2[nH]cnc12. The first-order valence-corrected chi connectivity index (χ1v) is 6.56. The quantitative estimate of drug-likeness (QED) is 0.570. The van der Waals surface area contributed by atoms with Crippen LogP contribution in [0.4, 0.5) is 0 Å². The second-order valence-corrected chi connectivity index (χ2v) is 5.08. The van der Waals surface area contributed by atoms with Gasteiger partial charge in [-0.15, -0.1) is 0 Å². The number of H-pyrrole nitrogens is 1. The highest BCUT2D eigenvalue weighted by Crippen LogP contribution is 2.24. The van der Waals surface area contributed by atoms with E-state index in [4.69, 9.17) is 0 Å². The Labute approximate surface area is 117 Å². The normalized spacial score (nSPS) is 10.7. The number of imidazole rings is 1. The van der Waals surface area contributed by atoms with Gasteiger partial charge in [0.25, 0.3) is 0 Å². The van der Waals surface area contributed by atoms with Gasteiger partial charge in [0.2, 0.25) is 0 Å². The van der Waals surface area contributed by atoms with Crippen molar-refractivity contribution in [3.63, 3.8) is 0 Å². The third-order valence-electron chi connectivity index (χ3n) is 2.80. The minimum atomic E-state index is 0.0118. The maximum Gasteiger partial charge on any atom is 0.196 e. The largest absolute Gasteiger partial charge is 0.345 e. The molecular weight excluding hydrogens is 339 g/mol. The van der Waals surface area contributed by atoms with Gasteiger partial charge in [0.15, 0.2) is 5.78 Å². The summed E-state index contributed by atoms with van der Waals surface area (Å²) in [5.74, 6) is 0.0118. The van der Waals surface area contributed by atoms with Gasteiger partial charge in [0, 0.05) is 9.13 Å². The lowest BCUT2D eigenvalue weighted by atomic mass is 10.0.